The molecule has 0 radical (unpaired) electrons. The van der Waals surface area contributed by atoms with Crippen molar-refractivity contribution in [2.45, 2.75) is 117 Å². The van der Waals surface area contributed by atoms with Crippen LogP contribution in [0.25, 0.3) is 0 Å². The van der Waals surface area contributed by atoms with E-state index in [-0.39, 0.29) is 42.0 Å². The highest BCUT2D eigenvalue weighted by Gasteiger charge is 2.50. The van der Waals surface area contributed by atoms with Crippen LogP contribution in [0, 0.1) is 12.8 Å². The standard InChI is InChI=1S/C43H57F2N3O5Si/c1-29(2)48(40(50)35-28-36-37(27-30(35)3)53-43(7,8)41(51)47(36)25-24-46-39(49)38(44)45)32-21-19-31(20-22-32)23-26-52-54(42(4,5)6,33-15-11-9-12-16-33)34-17-13-10-14-18-34/h9-18,27-29,31-32,38H,19-26H2,1-8H3,(H,46,49). The van der Waals surface area contributed by atoms with Crippen molar-refractivity contribution in [3.8, 4) is 5.75 Å². The van der Waals surface area contributed by atoms with E-state index in [1.165, 1.54) is 15.3 Å². The molecule has 0 saturated heterocycles. The molecule has 1 aliphatic heterocycles. The molecule has 2 aliphatic rings. The van der Waals surface area contributed by atoms with Crippen LogP contribution < -0.4 is 25.3 Å². The molecule has 3 aromatic carbocycles. The van der Waals surface area contributed by atoms with E-state index in [4.69, 9.17) is 9.16 Å². The van der Waals surface area contributed by atoms with Gasteiger partial charge in [0, 0.05) is 37.3 Å². The third-order valence-electron chi connectivity index (χ3n) is 11.0. The average molecular weight is 762 g/mol. The number of hydrogen-bond donors (Lipinski definition) is 1. The molecular formula is C43H57F2N3O5Si. The predicted octanol–water partition coefficient (Wildman–Crippen LogP) is 7.26. The largest absolute Gasteiger partial charge is 0.476 e. The second kappa shape index (κ2) is 16.7. The van der Waals surface area contributed by atoms with E-state index < -0.39 is 26.3 Å². The molecule has 1 saturated carbocycles. The molecule has 54 heavy (non-hydrogen) atoms. The Kier molecular flexibility index (Phi) is 12.7. The summed E-state index contributed by atoms with van der Waals surface area (Å²) in [6.07, 6.45) is 1.54. The first-order chi connectivity index (χ1) is 25.5. The van der Waals surface area contributed by atoms with Crippen molar-refractivity contribution in [3.63, 3.8) is 0 Å². The number of aryl methyl sites for hydroxylation is 1. The molecule has 8 nitrogen and oxygen atoms in total. The summed E-state index contributed by atoms with van der Waals surface area (Å²) in [7, 11) is -2.62. The maximum atomic E-state index is 14.4. The number of nitrogens with zero attached hydrogens (tertiary/aromatic N) is 2. The highest BCUT2D eigenvalue weighted by Crippen LogP contribution is 2.41. The first kappa shape index (κ1) is 41.1. The number of halogens is 2. The molecule has 1 heterocycles. The third kappa shape index (κ3) is 8.57. The minimum Gasteiger partial charge on any atom is -0.476 e. The third-order valence-corrected chi connectivity index (χ3v) is 16.1. The van der Waals surface area contributed by atoms with Crippen LogP contribution in [0.5, 0.6) is 5.75 Å². The highest BCUT2D eigenvalue weighted by atomic mass is 28.4. The van der Waals surface area contributed by atoms with Gasteiger partial charge in [-0.1, -0.05) is 81.4 Å². The summed E-state index contributed by atoms with van der Waals surface area (Å²) >= 11 is 0. The Labute approximate surface area is 320 Å². The predicted molar refractivity (Wildman–Crippen MR) is 212 cm³/mol. The number of fused-ring (bicyclic) bond motifs is 1. The summed E-state index contributed by atoms with van der Waals surface area (Å²) < 4.78 is 38.9. The number of anilines is 1. The molecule has 1 N–H and O–H groups in total. The van der Waals surface area contributed by atoms with Gasteiger partial charge in [-0.05, 0) is 106 Å². The molecule has 1 aliphatic carbocycles. The smallest absolute Gasteiger partial charge is 0.315 e. The SMILES string of the molecule is Cc1cc2c(cc1C(=O)N(C(C)C)C1CCC(CCO[Si](c3ccccc3)(c3ccccc3)C(C)(C)C)CC1)N(CCNC(=O)C(F)F)C(=O)C(C)(C)O2. The summed E-state index contributed by atoms with van der Waals surface area (Å²) in [5.41, 5.74) is 0.341. The second-order valence-electron chi connectivity index (χ2n) is 16.6. The number of hydrogen-bond acceptors (Lipinski definition) is 5. The van der Waals surface area contributed by atoms with Crippen LogP contribution in [-0.2, 0) is 14.0 Å². The van der Waals surface area contributed by atoms with Crippen LogP contribution in [0.4, 0.5) is 14.5 Å². The minimum absolute atomic E-state index is 0.0501. The molecule has 1 fully saturated rings. The first-order valence-electron chi connectivity index (χ1n) is 19.3. The van der Waals surface area contributed by atoms with Crippen LogP contribution in [-0.4, -0.2) is 74.7 Å². The van der Waals surface area contributed by atoms with Crippen LogP contribution in [0.15, 0.2) is 72.8 Å². The van der Waals surface area contributed by atoms with Crippen molar-refractivity contribution < 1.29 is 32.3 Å². The number of nitrogens with one attached hydrogen (secondary N) is 1. The monoisotopic (exact) mass is 761 g/mol. The van der Waals surface area contributed by atoms with Gasteiger partial charge in [-0.15, -0.1) is 0 Å². The van der Waals surface area contributed by atoms with Crippen molar-refractivity contribution in [3.05, 3.63) is 83.9 Å². The van der Waals surface area contributed by atoms with Crippen LogP contribution in [0.3, 0.4) is 0 Å². The lowest BCUT2D eigenvalue weighted by molar-refractivity contribution is -0.133. The van der Waals surface area contributed by atoms with Gasteiger partial charge in [-0.25, -0.2) is 0 Å². The fourth-order valence-corrected chi connectivity index (χ4v) is 12.9. The summed E-state index contributed by atoms with van der Waals surface area (Å²) in [5.74, 6) is -0.997. The van der Waals surface area contributed by atoms with Gasteiger partial charge in [0.25, 0.3) is 26.0 Å². The average Bonchev–Trinajstić information content (AvgIpc) is 3.12. The zero-order valence-electron chi connectivity index (χ0n) is 33.1. The molecule has 0 spiro atoms. The fraction of sp³-hybridized carbons (Fsp3) is 0.512. The zero-order valence-corrected chi connectivity index (χ0v) is 34.1. The van der Waals surface area contributed by atoms with Gasteiger partial charge in [-0.2, -0.15) is 8.78 Å². The van der Waals surface area contributed by atoms with E-state index in [1.54, 1.807) is 26.0 Å². The van der Waals surface area contributed by atoms with Crippen LogP contribution in [0.1, 0.15) is 96.5 Å². The quantitative estimate of drug-likeness (QED) is 0.186. The Bertz CT molecular complexity index is 1730. The second-order valence-corrected chi connectivity index (χ2v) is 20.9. The normalized spacial score (nSPS) is 18.7. The van der Waals surface area contributed by atoms with Gasteiger partial charge in [0.2, 0.25) is 0 Å². The van der Waals surface area contributed by atoms with Gasteiger partial charge in [0.15, 0.2) is 5.60 Å². The molecule has 0 atom stereocenters. The summed E-state index contributed by atoms with van der Waals surface area (Å²) in [6, 6.07) is 24.9. The topological polar surface area (TPSA) is 88.2 Å². The van der Waals surface area contributed by atoms with E-state index in [9.17, 15) is 23.2 Å². The fourth-order valence-electron chi connectivity index (χ4n) is 8.35. The lowest BCUT2D eigenvalue weighted by atomic mass is 9.83. The molecule has 5 rings (SSSR count). The maximum Gasteiger partial charge on any atom is 0.315 e. The van der Waals surface area contributed by atoms with Gasteiger partial charge in [0.05, 0.1) is 5.69 Å². The molecular weight excluding hydrogens is 705 g/mol. The number of ether oxygens (including phenoxy) is 1. The van der Waals surface area contributed by atoms with E-state index in [0.717, 1.165) is 37.7 Å². The molecule has 0 aromatic heterocycles. The molecule has 11 heteroatoms. The Morgan fingerprint density at radius 2 is 1.56 bits per heavy atom. The van der Waals surface area contributed by atoms with E-state index in [0.29, 0.717) is 29.5 Å². The Morgan fingerprint density at radius 1 is 0.981 bits per heavy atom. The number of benzene rings is 3. The molecule has 0 bridgehead atoms. The van der Waals surface area contributed by atoms with Gasteiger partial charge in [-0.3, -0.25) is 14.4 Å². The highest BCUT2D eigenvalue weighted by molar-refractivity contribution is 6.99. The minimum atomic E-state index is -3.15. The molecule has 292 valence electrons. The van der Waals surface area contributed by atoms with Crippen molar-refractivity contribution in [1.29, 1.82) is 0 Å². The Morgan fingerprint density at radius 3 is 2.07 bits per heavy atom. The van der Waals surface area contributed by atoms with Crippen molar-refractivity contribution >= 4 is 42.1 Å². The number of carbonyl (C=O) groups is 3. The summed E-state index contributed by atoms with van der Waals surface area (Å²) in [6.45, 7) is 16.5. The van der Waals surface area contributed by atoms with Crippen molar-refractivity contribution in [1.82, 2.24) is 10.2 Å². The maximum absolute atomic E-state index is 14.4. The number of alkyl halides is 2. The van der Waals surface area contributed by atoms with Gasteiger partial charge >= 0.3 is 6.43 Å². The first-order valence-corrected chi connectivity index (χ1v) is 21.2. The zero-order chi connectivity index (χ0) is 39.4. The number of rotatable bonds is 13. The number of amides is 3. The molecule has 0 unspecified atom stereocenters. The summed E-state index contributed by atoms with van der Waals surface area (Å²) in [5, 5.41) is 4.64. The van der Waals surface area contributed by atoms with Crippen LogP contribution >= 0.6 is 0 Å². The van der Waals surface area contributed by atoms with Crippen molar-refractivity contribution in [2.75, 3.05) is 24.6 Å². The summed E-state index contributed by atoms with van der Waals surface area (Å²) in [4.78, 5) is 42.8. The van der Waals surface area contributed by atoms with Crippen molar-refractivity contribution in [2.24, 2.45) is 5.92 Å². The lowest BCUT2D eigenvalue weighted by Gasteiger charge is -2.43. The van der Waals surface area contributed by atoms with Gasteiger partial charge < -0.3 is 24.3 Å². The van der Waals surface area contributed by atoms with E-state index >= 15 is 0 Å². The lowest BCUT2D eigenvalue weighted by Crippen LogP contribution is -2.66. The van der Waals surface area contributed by atoms with E-state index in [1.807, 2.05) is 25.7 Å². The molecule has 3 amide bonds. The Balaban J connectivity index is 1.29. The molecule has 3 aromatic rings. The van der Waals surface area contributed by atoms with Crippen LogP contribution in [0.2, 0.25) is 5.04 Å². The van der Waals surface area contributed by atoms with Gasteiger partial charge in [0.1, 0.15) is 5.75 Å². The number of carbonyl (C=O) groups excluding carboxylic acids is 3. The Hall–Kier alpha value is -4.09. The van der Waals surface area contributed by atoms with E-state index in [2.05, 4.69) is 86.8 Å².